The average Bonchev–Trinajstić information content (AvgIpc) is 2.35. The Morgan fingerprint density at radius 2 is 2.00 bits per heavy atom. The Bertz CT molecular complexity index is 418. The Labute approximate surface area is 101 Å². The molecule has 1 rings (SSSR count). The summed E-state index contributed by atoms with van der Waals surface area (Å²) in [5.41, 5.74) is 1.51. The molecule has 1 aromatic carbocycles. The van der Waals surface area contributed by atoms with Crippen molar-refractivity contribution in [3.63, 3.8) is 0 Å². The molecule has 0 radical (unpaired) electrons. The van der Waals surface area contributed by atoms with Crippen LogP contribution < -0.4 is 4.90 Å². The van der Waals surface area contributed by atoms with E-state index in [9.17, 15) is 4.79 Å². The minimum absolute atomic E-state index is 0.182. The third-order valence-electron chi connectivity index (χ3n) is 2.48. The first-order valence-corrected chi connectivity index (χ1v) is 5.42. The van der Waals surface area contributed by atoms with Crippen molar-refractivity contribution in [1.82, 2.24) is 0 Å². The molecule has 0 heterocycles. The summed E-state index contributed by atoms with van der Waals surface area (Å²) >= 11 is 0. The Morgan fingerprint density at radius 3 is 2.41 bits per heavy atom. The van der Waals surface area contributed by atoms with E-state index in [-0.39, 0.29) is 18.6 Å². The topological polar surface area (TPSA) is 53.3 Å². The number of rotatable bonds is 4. The summed E-state index contributed by atoms with van der Waals surface area (Å²) in [7, 11) is 1.37. The molecule has 1 aromatic rings. The fraction of sp³-hybridized carbons (Fsp3) is 0.385. The van der Waals surface area contributed by atoms with Gasteiger partial charge >= 0.3 is 5.97 Å². The quantitative estimate of drug-likeness (QED) is 0.744. The van der Waals surface area contributed by atoms with Gasteiger partial charge in [0.1, 0.15) is 6.54 Å². The molecule has 0 aromatic heterocycles. The molecule has 4 nitrogen and oxygen atoms in total. The molecule has 0 atom stereocenters. The van der Waals surface area contributed by atoms with Crippen LogP contribution in [0.4, 0.5) is 5.69 Å². The van der Waals surface area contributed by atoms with Gasteiger partial charge in [-0.3, -0.25) is 4.79 Å². The zero-order valence-electron chi connectivity index (χ0n) is 10.3. The van der Waals surface area contributed by atoms with E-state index >= 15 is 0 Å². The van der Waals surface area contributed by atoms with Crippen LogP contribution in [0, 0.1) is 11.3 Å². The number of nitrogens with zero attached hydrogens (tertiary/aromatic N) is 2. The van der Waals surface area contributed by atoms with Gasteiger partial charge in [-0.1, -0.05) is 0 Å². The summed E-state index contributed by atoms with van der Waals surface area (Å²) < 4.78 is 4.66. The standard InChI is InChI=1S/C13H16N2O2/c1-10(2)15(9-13(16)17-3)12-6-4-11(8-14)5-7-12/h4-7,10H,9H2,1-3H3. The van der Waals surface area contributed by atoms with Crippen LogP contribution in [0.15, 0.2) is 24.3 Å². The van der Waals surface area contributed by atoms with Crippen molar-refractivity contribution in [1.29, 1.82) is 5.26 Å². The van der Waals surface area contributed by atoms with E-state index in [0.717, 1.165) is 5.69 Å². The molecule has 0 aliphatic rings. The molecule has 0 amide bonds. The molecule has 0 fully saturated rings. The number of ether oxygens (including phenoxy) is 1. The predicted molar refractivity (Wildman–Crippen MR) is 65.7 cm³/mol. The van der Waals surface area contributed by atoms with Crippen LogP contribution in [0.5, 0.6) is 0 Å². The number of hydrogen-bond acceptors (Lipinski definition) is 4. The average molecular weight is 232 g/mol. The van der Waals surface area contributed by atoms with E-state index < -0.39 is 0 Å². The van der Waals surface area contributed by atoms with Crippen molar-refractivity contribution in [2.24, 2.45) is 0 Å². The summed E-state index contributed by atoms with van der Waals surface area (Å²) in [6.45, 7) is 4.21. The lowest BCUT2D eigenvalue weighted by molar-refractivity contribution is -0.139. The monoisotopic (exact) mass is 232 g/mol. The van der Waals surface area contributed by atoms with Crippen molar-refractivity contribution in [2.45, 2.75) is 19.9 Å². The van der Waals surface area contributed by atoms with Gasteiger partial charge in [-0.2, -0.15) is 5.26 Å². The van der Waals surface area contributed by atoms with Crippen molar-refractivity contribution in [2.75, 3.05) is 18.6 Å². The van der Waals surface area contributed by atoms with Crippen molar-refractivity contribution >= 4 is 11.7 Å². The van der Waals surface area contributed by atoms with Gasteiger partial charge in [0.25, 0.3) is 0 Å². The number of nitriles is 1. The van der Waals surface area contributed by atoms with E-state index in [1.54, 1.807) is 12.1 Å². The summed E-state index contributed by atoms with van der Waals surface area (Å²) in [5.74, 6) is -0.275. The molecule has 0 spiro atoms. The van der Waals surface area contributed by atoms with Crippen LogP contribution >= 0.6 is 0 Å². The van der Waals surface area contributed by atoms with Crippen molar-refractivity contribution < 1.29 is 9.53 Å². The number of esters is 1. The molecule has 0 saturated carbocycles. The van der Waals surface area contributed by atoms with Gasteiger partial charge in [-0.15, -0.1) is 0 Å². The predicted octanol–water partition coefficient (Wildman–Crippen LogP) is 1.95. The van der Waals surface area contributed by atoms with Gasteiger partial charge in [0.2, 0.25) is 0 Å². The highest BCUT2D eigenvalue weighted by Gasteiger charge is 2.14. The fourth-order valence-electron chi connectivity index (χ4n) is 1.50. The number of anilines is 1. The molecule has 17 heavy (non-hydrogen) atoms. The molecule has 0 aliphatic heterocycles. The first-order chi connectivity index (χ1) is 8.08. The number of carbonyl (C=O) groups excluding carboxylic acids is 1. The second-order valence-electron chi connectivity index (χ2n) is 3.96. The van der Waals surface area contributed by atoms with Gasteiger partial charge in [0, 0.05) is 11.7 Å². The summed E-state index contributed by atoms with van der Waals surface area (Å²) in [6, 6.07) is 9.39. The lowest BCUT2D eigenvalue weighted by Gasteiger charge is -2.27. The largest absolute Gasteiger partial charge is 0.468 e. The maximum absolute atomic E-state index is 11.3. The molecule has 0 unspecified atom stereocenters. The molecule has 0 aliphatic carbocycles. The van der Waals surface area contributed by atoms with E-state index in [1.165, 1.54) is 7.11 Å². The van der Waals surface area contributed by atoms with E-state index in [1.807, 2.05) is 30.9 Å². The van der Waals surface area contributed by atoms with Crippen molar-refractivity contribution in [3.05, 3.63) is 29.8 Å². The van der Waals surface area contributed by atoms with Crippen LogP contribution in [-0.4, -0.2) is 25.7 Å². The smallest absolute Gasteiger partial charge is 0.325 e. The summed E-state index contributed by atoms with van der Waals surface area (Å²) in [4.78, 5) is 13.2. The van der Waals surface area contributed by atoms with Gasteiger partial charge < -0.3 is 9.64 Å². The molecule has 0 N–H and O–H groups in total. The van der Waals surface area contributed by atoms with Crippen LogP contribution in [-0.2, 0) is 9.53 Å². The van der Waals surface area contributed by atoms with E-state index in [0.29, 0.717) is 5.56 Å². The Balaban J connectivity index is 2.90. The maximum atomic E-state index is 11.3. The molecular formula is C13H16N2O2. The molecular weight excluding hydrogens is 216 g/mol. The van der Waals surface area contributed by atoms with Gasteiger partial charge in [-0.25, -0.2) is 0 Å². The minimum Gasteiger partial charge on any atom is -0.468 e. The number of carbonyl (C=O) groups is 1. The molecule has 90 valence electrons. The first kappa shape index (κ1) is 13.0. The second kappa shape index (κ2) is 5.90. The Hall–Kier alpha value is -2.02. The highest BCUT2D eigenvalue weighted by Crippen LogP contribution is 2.17. The van der Waals surface area contributed by atoms with Gasteiger partial charge in [0.15, 0.2) is 0 Å². The van der Waals surface area contributed by atoms with E-state index in [2.05, 4.69) is 10.8 Å². The van der Waals surface area contributed by atoms with Crippen LogP contribution in [0.3, 0.4) is 0 Å². The van der Waals surface area contributed by atoms with Crippen molar-refractivity contribution in [3.8, 4) is 6.07 Å². The number of hydrogen-bond donors (Lipinski definition) is 0. The Morgan fingerprint density at radius 1 is 1.41 bits per heavy atom. The highest BCUT2D eigenvalue weighted by atomic mass is 16.5. The fourth-order valence-corrected chi connectivity index (χ4v) is 1.50. The van der Waals surface area contributed by atoms with Gasteiger partial charge in [-0.05, 0) is 38.1 Å². The molecule has 0 bridgehead atoms. The summed E-state index contributed by atoms with van der Waals surface area (Å²) in [6.07, 6.45) is 0. The lowest BCUT2D eigenvalue weighted by Crippen LogP contribution is -2.36. The van der Waals surface area contributed by atoms with Crippen LogP contribution in [0.25, 0.3) is 0 Å². The number of methoxy groups -OCH3 is 1. The zero-order valence-corrected chi connectivity index (χ0v) is 10.3. The summed E-state index contributed by atoms with van der Waals surface area (Å²) in [5, 5.41) is 8.72. The highest BCUT2D eigenvalue weighted by molar-refractivity contribution is 5.76. The number of benzene rings is 1. The van der Waals surface area contributed by atoms with Gasteiger partial charge in [0.05, 0.1) is 18.7 Å². The van der Waals surface area contributed by atoms with Crippen LogP contribution in [0.2, 0.25) is 0 Å². The SMILES string of the molecule is COC(=O)CN(c1ccc(C#N)cc1)C(C)C. The molecule has 4 heteroatoms. The second-order valence-corrected chi connectivity index (χ2v) is 3.96. The third-order valence-corrected chi connectivity index (χ3v) is 2.48. The van der Waals surface area contributed by atoms with E-state index in [4.69, 9.17) is 5.26 Å². The normalized spacial score (nSPS) is 9.82. The maximum Gasteiger partial charge on any atom is 0.325 e. The zero-order chi connectivity index (χ0) is 12.8. The third kappa shape index (κ3) is 3.49. The Kier molecular flexibility index (Phi) is 4.53. The minimum atomic E-state index is -0.275. The first-order valence-electron chi connectivity index (χ1n) is 5.42. The lowest BCUT2D eigenvalue weighted by atomic mass is 10.2. The van der Waals surface area contributed by atoms with Crippen LogP contribution in [0.1, 0.15) is 19.4 Å². The molecule has 0 saturated heterocycles.